The summed E-state index contributed by atoms with van der Waals surface area (Å²) in [6, 6.07) is 11.9. The lowest BCUT2D eigenvalue weighted by Crippen LogP contribution is -2.35. The van der Waals surface area contributed by atoms with Gasteiger partial charge in [-0.25, -0.2) is 0 Å². The zero-order valence-electron chi connectivity index (χ0n) is 9.41. The first-order valence-corrected chi connectivity index (χ1v) is 7.25. The Labute approximate surface area is 119 Å². The largest absolute Gasteiger partial charge is 0.321 e. The van der Waals surface area contributed by atoms with Crippen LogP contribution in [0.2, 0.25) is 5.02 Å². The highest BCUT2D eigenvalue weighted by molar-refractivity contribution is 9.11. The van der Waals surface area contributed by atoms with Crippen molar-refractivity contribution in [2.75, 3.05) is 0 Å². The first-order valence-electron chi connectivity index (χ1n) is 5.26. The Balaban J connectivity index is 2.24. The normalized spacial score (nSPS) is 14.6. The van der Waals surface area contributed by atoms with Gasteiger partial charge in [0.25, 0.3) is 0 Å². The summed E-state index contributed by atoms with van der Waals surface area (Å²) in [5.74, 6) is 0. The Hall–Kier alpha value is -0.350. The van der Waals surface area contributed by atoms with Gasteiger partial charge in [0.2, 0.25) is 0 Å². The zero-order chi connectivity index (χ0) is 12.5. The molecule has 0 saturated heterocycles. The van der Waals surface area contributed by atoms with E-state index in [9.17, 15) is 0 Å². The summed E-state index contributed by atoms with van der Waals surface area (Å²) >= 11 is 11.2. The second kappa shape index (κ2) is 5.11. The van der Waals surface area contributed by atoms with Gasteiger partial charge in [-0.05, 0) is 52.7 Å². The van der Waals surface area contributed by atoms with Crippen molar-refractivity contribution in [3.63, 3.8) is 0 Å². The molecule has 2 N–H and O–H groups in total. The standard InChI is InChI=1S/C13H13BrClNS/c1-13(16,8-11-5-6-12(14)17-11)9-3-2-4-10(15)7-9/h2-7H,8,16H2,1H3. The van der Waals surface area contributed by atoms with Gasteiger partial charge in [-0.1, -0.05) is 23.7 Å². The van der Waals surface area contributed by atoms with Gasteiger partial charge in [-0.2, -0.15) is 0 Å². The molecule has 1 nitrogen and oxygen atoms in total. The van der Waals surface area contributed by atoms with Crippen LogP contribution in [0, 0.1) is 0 Å². The molecule has 0 fully saturated rings. The molecule has 0 aliphatic carbocycles. The van der Waals surface area contributed by atoms with E-state index in [1.54, 1.807) is 11.3 Å². The molecular weight excluding hydrogens is 318 g/mol. The molecule has 2 aromatic rings. The second-order valence-electron chi connectivity index (χ2n) is 4.31. The van der Waals surface area contributed by atoms with E-state index < -0.39 is 5.54 Å². The number of rotatable bonds is 3. The number of thiophene rings is 1. The molecule has 0 amide bonds. The fourth-order valence-electron chi connectivity index (χ4n) is 1.75. The maximum Gasteiger partial charge on any atom is 0.0701 e. The molecule has 0 radical (unpaired) electrons. The Kier molecular flexibility index (Phi) is 3.93. The minimum atomic E-state index is -0.394. The lowest BCUT2D eigenvalue weighted by Gasteiger charge is -2.24. The van der Waals surface area contributed by atoms with Crippen LogP contribution in [0.15, 0.2) is 40.2 Å². The Morgan fingerprint density at radius 2 is 2.12 bits per heavy atom. The lowest BCUT2D eigenvalue weighted by molar-refractivity contribution is 0.495. The summed E-state index contributed by atoms with van der Waals surface area (Å²) in [5.41, 5.74) is 7.05. The average Bonchev–Trinajstić information content (AvgIpc) is 2.63. The van der Waals surface area contributed by atoms with Gasteiger partial charge in [-0.3, -0.25) is 0 Å². The van der Waals surface area contributed by atoms with Gasteiger partial charge in [0, 0.05) is 21.9 Å². The molecule has 1 aromatic carbocycles. The number of benzene rings is 1. The number of hydrogen-bond acceptors (Lipinski definition) is 2. The molecule has 90 valence electrons. The molecule has 4 heteroatoms. The van der Waals surface area contributed by atoms with E-state index in [1.165, 1.54) is 4.88 Å². The summed E-state index contributed by atoms with van der Waals surface area (Å²) < 4.78 is 1.13. The average molecular weight is 331 g/mol. The molecule has 1 aromatic heterocycles. The van der Waals surface area contributed by atoms with Gasteiger partial charge in [0.15, 0.2) is 0 Å². The molecule has 17 heavy (non-hydrogen) atoms. The van der Waals surface area contributed by atoms with Gasteiger partial charge < -0.3 is 5.73 Å². The predicted molar refractivity (Wildman–Crippen MR) is 78.7 cm³/mol. The quantitative estimate of drug-likeness (QED) is 0.876. The van der Waals surface area contributed by atoms with Crippen molar-refractivity contribution in [3.05, 3.63) is 55.6 Å². The fraction of sp³-hybridized carbons (Fsp3) is 0.231. The summed E-state index contributed by atoms with van der Waals surface area (Å²) in [6.45, 7) is 2.03. The predicted octanol–water partition coefficient (Wildman–Crippen LogP) is 4.58. The summed E-state index contributed by atoms with van der Waals surface area (Å²) in [5, 5.41) is 0.728. The second-order valence-corrected chi connectivity index (χ2v) is 7.29. The first-order chi connectivity index (χ1) is 7.97. The molecule has 1 unspecified atom stereocenters. The molecule has 0 spiro atoms. The van der Waals surface area contributed by atoms with E-state index in [2.05, 4.69) is 22.0 Å². The highest BCUT2D eigenvalue weighted by Crippen LogP contribution is 2.30. The SMILES string of the molecule is CC(N)(Cc1ccc(Br)s1)c1cccc(Cl)c1. The molecule has 0 aliphatic rings. The zero-order valence-corrected chi connectivity index (χ0v) is 12.6. The highest BCUT2D eigenvalue weighted by Gasteiger charge is 2.22. The molecule has 1 heterocycles. The van der Waals surface area contributed by atoms with Crippen LogP contribution in [0.4, 0.5) is 0 Å². The molecule has 0 saturated carbocycles. The van der Waals surface area contributed by atoms with Crippen molar-refractivity contribution in [2.45, 2.75) is 18.9 Å². The third kappa shape index (κ3) is 3.32. The summed E-state index contributed by atoms with van der Waals surface area (Å²) in [6.07, 6.45) is 0.809. The minimum Gasteiger partial charge on any atom is -0.321 e. The van der Waals surface area contributed by atoms with E-state index >= 15 is 0 Å². The number of nitrogens with two attached hydrogens (primary N) is 1. The summed E-state index contributed by atoms with van der Waals surface area (Å²) in [4.78, 5) is 1.27. The van der Waals surface area contributed by atoms with Crippen LogP contribution in [-0.2, 0) is 12.0 Å². The van der Waals surface area contributed by atoms with E-state index in [4.69, 9.17) is 17.3 Å². The highest BCUT2D eigenvalue weighted by atomic mass is 79.9. The van der Waals surface area contributed by atoms with Crippen LogP contribution in [0.25, 0.3) is 0 Å². The smallest absolute Gasteiger partial charge is 0.0701 e. The maximum absolute atomic E-state index is 6.38. The van der Waals surface area contributed by atoms with Crippen molar-refractivity contribution in [3.8, 4) is 0 Å². The van der Waals surface area contributed by atoms with E-state index in [0.29, 0.717) is 0 Å². The molecule has 0 bridgehead atoms. The first kappa shape index (κ1) is 13.1. The summed E-state index contributed by atoms with van der Waals surface area (Å²) in [7, 11) is 0. The van der Waals surface area contributed by atoms with E-state index in [-0.39, 0.29) is 0 Å². The van der Waals surface area contributed by atoms with E-state index in [0.717, 1.165) is 20.8 Å². The maximum atomic E-state index is 6.38. The van der Waals surface area contributed by atoms with Gasteiger partial charge in [0.1, 0.15) is 0 Å². The van der Waals surface area contributed by atoms with Crippen molar-refractivity contribution in [1.82, 2.24) is 0 Å². The number of hydrogen-bond donors (Lipinski definition) is 1. The van der Waals surface area contributed by atoms with Crippen LogP contribution in [0.3, 0.4) is 0 Å². The van der Waals surface area contributed by atoms with Crippen molar-refractivity contribution < 1.29 is 0 Å². The lowest BCUT2D eigenvalue weighted by atomic mass is 9.89. The molecule has 1 atom stereocenters. The van der Waals surface area contributed by atoms with Crippen LogP contribution >= 0.6 is 38.9 Å². The minimum absolute atomic E-state index is 0.394. The monoisotopic (exact) mass is 329 g/mol. The van der Waals surface area contributed by atoms with Crippen molar-refractivity contribution in [1.29, 1.82) is 0 Å². The van der Waals surface area contributed by atoms with Gasteiger partial charge in [0.05, 0.1) is 3.79 Å². The Morgan fingerprint density at radius 3 is 2.71 bits per heavy atom. The molecule has 0 aliphatic heterocycles. The van der Waals surface area contributed by atoms with Crippen LogP contribution in [0.5, 0.6) is 0 Å². The van der Waals surface area contributed by atoms with E-state index in [1.807, 2.05) is 37.3 Å². The van der Waals surface area contributed by atoms with Gasteiger partial charge >= 0.3 is 0 Å². The molecular formula is C13H13BrClNS. The van der Waals surface area contributed by atoms with Crippen LogP contribution in [0.1, 0.15) is 17.4 Å². The number of halogens is 2. The van der Waals surface area contributed by atoms with Crippen molar-refractivity contribution in [2.24, 2.45) is 5.73 Å². The Morgan fingerprint density at radius 1 is 1.35 bits per heavy atom. The third-order valence-electron chi connectivity index (χ3n) is 2.65. The van der Waals surface area contributed by atoms with Gasteiger partial charge in [-0.15, -0.1) is 11.3 Å². The van der Waals surface area contributed by atoms with Crippen molar-refractivity contribution >= 4 is 38.9 Å². The van der Waals surface area contributed by atoms with Crippen LogP contribution in [-0.4, -0.2) is 0 Å². The molecule has 2 rings (SSSR count). The Bertz CT molecular complexity index is 522. The van der Waals surface area contributed by atoms with Crippen LogP contribution < -0.4 is 5.73 Å². The third-order valence-corrected chi connectivity index (χ3v) is 4.51. The fourth-order valence-corrected chi connectivity index (χ4v) is 3.60. The topological polar surface area (TPSA) is 26.0 Å².